The molecule has 2 aromatic carbocycles. The lowest BCUT2D eigenvalue weighted by Crippen LogP contribution is -2.41. The van der Waals surface area contributed by atoms with Gasteiger partial charge in [-0.3, -0.25) is 9.59 Å². The molecule has 146 valence electrons. The molecule has 5 heteroatoms. The van der Waals surface area contributed by atoms with Crippen LogP contribution < -0.4 is 9.64 Å². The molecule has 0 atom stereocenters. The van der Waals surface area contributed by atoms with Crippen molar-refractivity contribution in [3.8, 4) is 5.75 Å². The van der Waals surface area contributed by atoms with Crippen molar-refractivity contribution in [1.29, 1.82) is 0 Å². The predicted molar refractivity (Wildman–Crippen MR) is 114 cm³/mol. The van der Waals surface area contributed by atoms with Gasteiger partial charge in [0.15, 0.2) is 0 Å². The summed E-state index contributed by atoms with van der Waals surface area (Å²) < 4.78 is 5.47. The van der Waals surface area contributed by atoms with Crippen molar-refractivity contribution in [3.63, 3.8) is 0 Å². The number of nitrogens with zero attached hydrogens (tertiary/aromatic N) is 1. The van der Waals surface area contributed by atoms with Crippen LogP contribution in [-0.2, 0) is 4.79 Å². The van der Waals surface area contributed by atoms with Gasteiger partial charge >= 0.3 is 0 Å². The number of carbonyl (C=O) groups excluding carboxylic acids is 2. The van der Waals surface area contributed by atoms with Crippen molar-refractivity contribution in [2.24, 2.45) is 0 Å². The topological polar surface area (TPSA) is 62.4 Å². The molecule has 1 aromatic heterocycles. The Balaban J connectivity index is 1.84. The maximum absolute atomic E-state index is 13.4. The van der Waals surface area contributed by atoms with Crippen molar-refractivity contribution < 1.29 is 14.3 Å². The molecule has 0 unspecified atom stereocenters. The number of hydrogen-bond acceptors (Lipinski definition) is 3. The number of hydrogen-bond donors (Lipinski definition) is 1. The lowest BCUT2D eigenvalue weighted by molar-refractivity contribution is -0.112. The van der Waals surface area contributed by atoms with E-state index in [1.165, 1.54) is 4.90 Å². The molecule has 4 rings (SSSR count). The Morgan fingerprint density at radius 2 is 1.66 bits per heavy atom. The molecule has 2 heterocycles. The molecule has 0 spiro atoms. The van der Waals surface area contributed by atoms with E-state index in [9.17, 15) is 9.59 Å². The zero-order valence-electron chi connectivity index (χ0n) is 16.7. The minimum Gasteiger partial charge on any atom is -0.494 e. The van der Waals surface area contributed by atoms with Crippen LogP contribution in [-0.4, -0.2) is 23.4 Å². The molecule has 29 heavy (non-hydrogen) atoms. The van der Waals surface area contributed by atoms with Gasteiger partial charge in [0.2, 0.25) is 0 Å². The summed E-state index contributed by atoms with van der Waals surface area (Å²) in [5.74, 6) is 0.0349. The van der Waals surface area contributed by atoms with E-state index >= 15 is 0 Å². The van der Waals surface area contributed by atoms with Crippen LogP contribution >= 0.6 is 0 Å². The highest BCUT2D eigenvalue weighted by Gasteiger charge is 2.35. The van der Waals surface area contributed by atoms with Gasteiger partial charge in [-0.05, 0) is 74.4 Å². The van der Waals surface area contributed by atoms with Gasteiger partial charge in [-0.25, -0.2) is 4.90 Å². The smallest absolute Gasteiger partial charge is 0.265 e. The number of aromatic nitrogens is 1. The van der Waals surface area contributed by atoms with Crippen LogP contribution in [0.4, 0.5) is 5.69 Å². The van der Waals surface area contributed by atoms with E-state index in [1.54, 1.807) is 30.3 Å². The van der Waals surface area contributed by atoms with Crippen molar-refractivity contribution >= 4 is 29.2 Å². The number of nitrogens with one attached hydrogen (secondary N) is 1. The van der Waals surface area contributed by atoms with Crippen LogP contribution in [0.1, 0.15) is 39.8 Å². The molecular formula is C24H22N2O3. The summed E-state index contributed by atoms with van der Waals surface area (Å²) in [6.45, 7) is 6.40. The molecule has 1 aliphatic heterocycles. The molecule has 3 aromatic rings. The second kappa shape index (κ2) is 7.43. The molecule has 0 saturated carbocycles. The van der Waals surface area contributed by atoms with E-state index in [0.29, 0.717) is 34.7 Å². The Morgan fingerprint density at radius 1 is 0.966 bits per heavy atom. The second-order valence-electron chi connectivity index (χ2n) is 7.01. The summed E-state index contributed by atoms with van der Waals surface area (Å²) >= 11 is 0. The first-order valence-corrected chi connectivity index (χ1v) is 9.58. The molecular weight excluding hydrogens is 364 g/mol. The van der Waals surface area contributed by atoms with E-state index in [0.717, 1.165) is 17.0 Å². The Morgan fingerprint density at radius 3 is 2.28 bits per heavy atom. The summed E-state index contributed by atoms with van der Waals surface area (Å²) in [6.07, 6.45) is 1.86. The first kappa shape index (κ1) is 18.7. The molecule has 0 bridgehead atoms. The van der Waals surface area contributed by atoms with Gasteiger partial charge in [0.05, 0.1) is 12.3 Å². The highest BCUT2D eigenvalue weighted by Crippen LogP contribution is 2.34. The number of ether oxygens (including phenoxy) is 1. The Labute approximate surface area is 169 Å². The molecule has 0 fully saturated rings. The number of rotatable bonds is 4. The van der Waals surface area contributed by atoms with Gasteiger partial charge < -0.3 is 9.72 Å². The standard InChI is InChI=1S/C24H22N2O3/c1-4-29-19-11-9-18(10-12-19)26-23(27)21-8-6-5-7-20(21)22(24(26)28)14-17-13-15(2)25-16(17)3/h5-14,25H,4H2,1-3H3. The average molecular weight is 386 g/mol. The van der Waals surface area contributed by atoms with Crippen LogP contribution in [0.25, 0.3) is 11.6 Å². The zero-order valence-corrected chi connectivity index (χ0v) is 16.7. The summed E-state index contributed by atoms with van der Waals surface area (Å²) in [5, 5.41) is 0. The van der Waals surface area contributed by atoms with E-state index in [-0.39, 0.29) is 11.8 Å². The van der Waals surface area contributed by atoms with Crippen LogP contribution in [0, 0.1) is 13.8 Å². The van der Waals surface area contributed by atoms with E-state index in [1.807, 2.05) is 51.1 Å². The van der Waals surface area contributed by atoms with Gasteiger partial charge in [-0.2, -0.15) is 0 Å². The quantitative estimate of drug-likeness (QED) is 0.519. The Kier molecular flexibility index (Phi) is 4.80. The van der Waals surface area contributed by atoms with E-state index < -0.39 is 0 Å². The van der Waals surface area contributed by atoms with Gasteiger partial charge in [-0.15, -0.1) is 0 Å². The van der Waals surface area contributed by atoms with Crippen LogP contribution in [0.5, 0.6) is 5.75 Å². The number of fused-ring (bicyclic) bond motifs is 1. The third-order valence-corrected chi connectivity index (χ3v) is 4.98. The maximum Gasteiger partial charge on any atom is 0.265 e. The van der Waals surface area contributed by atoms with Crippen molar-refractivity contribution in [2.75, 3.05) is 11.5 Å². The van der Waals surface area contributed by atoms with E-state index in [2.05, 4.69) is 4.98 Å². The Hall–Kier alpha value is -3.60. The SMILES string of the molecule is CCOc1ccc(N2C(=O)C(=Cc3cc(C)[nH]c3C)c3ccccc3C2=O)cc1. The van der Waals surface area contributed by atoms with Crippen LogP contribution in [0.3, 0.4) is 0 Å². The number of aromatic amines is 1. The number of H-pyrrole nitrogens is 1. The van der Waals surface area contributed by atoms with Crippen LogP contribution in [0.2, 0.25) is 0 Å². The highest BCUT2D eigenvalue weighted by atomic mass is 16.5. The number of anilines is 1. The average Bonchev–Trinajstić information content (AvgIpc) is 3.03. The fourth-order valence-electron chi connectivity index (χ4n) is 3.64. The predicted octanol–water partition coefficient (Wildman–Crippen LogP) is 4.76. The lowest BCUT2D eigenvalue weighted by atomic mass is 9.91. The molecule has 1 aliphatic rings. The maximum atomic E-state index is 13.4. The van der Waals surface area contributed by atoms with Gasteiger partial charge in [0.1, 0.15) is 5.75 Å². The zero-order chi connectivity index (χ0) is 20.5. The molecule has 0 aliphatic carbocycles. The summed E-state index contributed by atoms with van der Waals surface area (Å²) in [4.78, 5) is 31.1. The van der Waals surface area contributed by atoms with Crippen molar-refractivity contribution in [1.82, 2.24) is 4.98 Å². The Bertz CT molecular complexity index is 1120. The molecule has 0 saturated heterocycles. The highest BCUT2D eigenvalue weighted by molar-refractivity contribution is 6.43. The first-order chi connectivity index (χ1) is 14.0. The number of carbonyl (C=O) groups is 2. The molecule has 2 amide bonds. The summed E-state index contributed by atoms with van der Waals surface area (Å²) in [5.41, 5.74) is 5.11. The minimum absolute atomic E-state index is 0.325. The fourth-order valence-corrected chi connectivity index (χ4v) is 3.64. The molecule has 0 radical (unpaired) electrons. The van der Waals surface area contributed by atoms with E-state index in [4.69, 9.17) is 4.74 Å². The van der Waals surface area contributed by atoms with Gasteiger partial charge in [-0.1, -0.05) is 18.2 Å². The molecule has 5 nitrogen and oxygen atoms in total. The summed E-state index contributed by atoms with van der Waals surface area (Å²) in [6, 6.07) is 16.2. The number of imide groups is 1. The lowest BCUT2D eigenvalue weighted by Gasteiger charge is -2.28. The summed E-state index contributed by atoms with van der Waals surface area (Å²) in [7, 11) is 0. The van der Waals surface area contributed by atoms with Gasteiger partial charge in [0, 0.05) is 22.5 Å². The second-order valence-corrected chi connectivity index (χ2v) is 7.01. The van der Waals surface area contributed by atoms with Gasteiger partial charge in [0.25, 0.3) is 11.8 Å². The fraction of sp³-hybridized carbons (Fsp3) is 0.167. The number of benzene rings is 2. The van der Waals surface area contributed by atoms with Crippen molar-refractivity contribution in [3.05, 3.63) is 82.7 Å². The van der Waals surface area contributed by atoms with Crippen LogP contribution in [0.15, 0.2) is 54.6 Å². The third-order valence-electron chi connectivity index (χ3n) is 4.98. The monoisotopic (exact) mass is 386 g/mol. The number of aryl methyl sites for hydroxylation is 2. The molecule has 1 N–H and O–H groups in total. The van der Waals surface area contributed by atoms with Crippen molar-refractivity contribution in [2.45, 2.75) is 20.8 Å². The first-order valence-electron chi connectivity index (χ1n) is 9.58. The number of amides is 2. The third kappa shape index (κ3) is 3.36. The normalized spacial score (nSPS) is 15.0. The minimum atomic E-state index is -0.337. The largest absolute Gasteiger partial charge is 0.494 e.